The minimum atomic E-state index is -0.142. The Kier molecular flexibility index (Phi) is 7.32. The molecule has 1 aromatic heterocycles. The highest BCUT2D eigenvalue weighted by atomic mass is 35.5. The van der Waals surface area contributed by atoms with E-state index in [1.165, 1.54) is 11.8 Å². The molecule has 0 spiro atoms. The molecular weight excluding hydrogens is 458 g/mol. The van der Waals surface area contributed by atoms with E-state index in [4.69, 9.17) is 16.3 Å². The van der Waals surface area contributed by atoms with E-state index < -0.39 is 0 Å². The summed E-state index contributed by atoms with van der Waals surface area (Å²) in [6.07, 6.45) is 0. The first-order valence-electron chi connectivity index (χ1n) is 10.3. The number of hydrogen-bond donors (Lipinski definition) is 1. The predicted octanol–water partition coefficient (Wildman–Crippen LogP) is 4.52. The number of carbonyl (C=O) groups excluding carboxylic acids is 1. The number of aromatic nitrogens is 2. The van der Waals surface area contributed by atoms with Gasteiger partial charge in [0.25, 0.3) is 5.56 Å². The zero-order chi connectivity index (χ0) is 23.2. The number of para-hydroxylation sites is 1. The van der Waals surface area contributed by atoms with Gasteiger partial charge in [-0.1, -0.05) is 59.8 Å². The van der Waals surface area contributed by atoms with Crippen LogP contribution in [0.1, 0.15) is 11.1 Å². The molecule has 0 unspecified atom stereocenters. The number of thioether (sulfide) groups is 1. The van der Waals surface area contributed by atoms with Crippen LogP contribution < -0.4 is 15.6 Å². The molecule has 1 N–H and O–H groups in total. The Morgan fingerprint density at radius 3 is 2.45 bits per heavy atom. The Morgan fingerprint density at radius 1 is 1.03 bits per heavy atom. The Bertz CT molecular complexity index is 1320. The molecule has 0 aliphatic rings. The van der Waals surface area contributed by atoms with Crippen LogP contribution in [-0.4, -0.2) is 28.3 Å². The number of rotatable bonds is 8. The van der Waals surface area contributed by atoms with Crippen LogP contribution in [0.2, 0.25) is 5.02 Å². The Balaban J connectivity index is 1.51. The van der Waals surface area contributed by atoms with Crippen molar-refractivity contribution in [3.8, 4) is 5.75 Å². The number of halogens is 1. The van der Waals surface area contributed by atoms with Gasteiger partial charge < -0.3 is 10.1 Å². The van der Waals surface area contributed by atoms with Crippen LogP contribution in [0, 0.1) is 0 Å². The normalized spacial score (nSPS) is 10.8. The van der Waals surface area contributed by atoms with Gasteiger partial charge in [-0.25, -0.2) is 4.98 Å². The summed E-state index contributed by atoms with van der Waals surface area (Å²) in [5, 5.41) is 4.57. The monoisotopic (exact) mass is 479 g/mol. The Morgan fingerprint density at radius 2 is 1.73 bits per heavy atom. The van der Waals surface area contributed by atoms with E-state index in [0.717, 1.165) is 16.9 Å². The van der Waals surface area contributed by atoms with Crippen molar-refractivity contribution < 1.29 is 9.53 Å². The van der Waals surface area contributed by atoms with Crippen LogP contribution in [0.4, 0.5) is 0 Å². The number of methoxy groups -OCH3 is 1. The quantitative estimate of drug-likeness (QED) is 0.297. The highest BCUT2D eigenvalue weighted by Crippen LogP contribution is 2.20. The van der Waals surface area contributed by atoms with Gasteiger partial charge in [0.1, 0.15) is 5.75 Å². The maximum absolute atomic E-state index is 13.2. The van der Waals surface area contributed by atoms with Crippen LogP contribution in [-0.2, 0) is 17.9 Å². The third-order valence-corrected chi connectivity index (χ3v) is 6.29. The van der Waals surface area contributed by atoms with Gasteiger partial charge in [-0.15, -0.1) is 0 Å². The smallest absolute Gasteiger partial charge is 0.262 e. The number of amides is 1. The van der Waals surface area contributed by atoms with Crippen molar-refractivity contribution in [2.75, 3.05) is 12.9 Å². The van der Waals surface area contributed by atoms with Crippen LogP contribution >= 0.6 is 23.4 Å². The number of nitrogens with zero attached hydrogens (tertiary/aromatic N) is 2. The van der Waals surface area contributed by atoms with Crippen molar-refractivity contribution in [3.63, 3.8) is 0 Å². The lowest BCUT2D eigenvalue weighted by Gasteiger charge is -2.13. The zero-order valence-electron chi connectivity index (χ0n) is 18.0. The lowest BCUT2D eigenvalue weighted by Crippen LogP contribution is -2.27. The molecule has 4 rings (SSSR count). The SMILES string of the molecule is COc1ccc(CNC(=O)CSc2nc3ccccc3c(=O)n2Cc2ccc(Cl)cc2)cc1. The first-order chi connectivity index (χ1) is 16.0. The topological polar surface area (TPSA) is 73.2 Å². The molecule has 4 aromatic rings. The summed E-state index contributed by atoms with van der Waals surface area (Å²) in [4.78, 5) is 30.3. The predicted molar refractivity (Wildman–Crippen MR) is 132 cm³/mol. The van der Waals surface area contributed by atoms with Gasteiger partial charge in [-0.05, 0) is 47.5 Å². The minimum Gasteiger partial charge on any atom is -0.497 e. The van der Waals surface area contributed by atoms with Gasteiger partial charge in [0.05, 0.1) is 30.3 Å². The average molecular weight is 480 g/mol. The van der Waals surface area contributed by atoms with Gasteiger partial charge in [-0.2, -0.15) is 0 Å². The van der Waals surface area contributed by atoms with E-state index in [1.807, 2.05) is 48.5 Å². The number of carbonyl (C=O) groups is 1. The molecule has 0 saturated heterocycles. The van der Waals surface area contributed by atoms with Gasteiger partial charge in [0.15, 0.2) is 5.16 Å². The molecule has 0 fully saturated rings. The summed E-state index contributed by atoms with van der Waals surface area (Å²) in [7, 11) is 1.61. The van der Waals surface area contributed by atoms with Crippen molar-refractivity contribution in [2.45, 2.75) is 18.2 Å². The largest absolute Gasteiger partial charge is 0.497 e. The van der Waals surface area contributed by atoms with Crippen molar-refractivity contribution in [2.24, 2.45) is 0 Å². The molecule has 33 heavy (non-hydrogen) atoms. The number of fused-ring (bicyclic) bond motifs is 1. The fourth-order valence-corrected chi connectivity index (χ4v) is 4.25. The van der Waals surface area contributed by atoms with Gasteiger partial charge in [-0.3, -0.25) is 14.2 Å². The van der Waals surface area contributed by atoms with Crippen LogP contribution in [0.25, 0.3) is 10.9 Å². The minimum absolute atomic E-state index is 0.140. The zero-order valence-corrected chi connectivity index (χ0v) is 19.5. The van der Waals surface area contributed by atoms with Crippen LogP contribution in [0.15, 0.2) is 82.7 Å². The number of hydrogen-bond acceptors (Lipinski definition) is 5. The second kappa shape index (κ2) is 10.6. The number of ether oxygens (including phenoxy) is 1. The van der Waals surface area contributed by atoms with E-state index in [2.05, 4.69) is 10.3 Å². The van der Waals surface area contributed by atoms with E-state index in [0.29, 0.717) is 34.2 Å². The van der Waals surface area contributed by atoms with Gasteiger partial charge >= 0.3 is 0 Å². The fraction of sp³-hybridized carbons (Fsp3) is 0.160. The Labute approximate surface area is 200 Å². The van der Waals surface area contributed by atoms with E-state index in [1.54, 1.807) is 35.9 Å². The summed E-state index contributed by atoms with van der Waals surface area (Å²) >= 11 is 7.23. The molecule has 1 heterocycles. The Hall–Kier alpha value is -3.29. The average Bonchev–Trinajstić information content (AvgIpc) is 2.85. The molecule has 0 saturated carbocycles. The van der Waals surface area contributed by atoms with Crippen molar-refractivity contribution >= 4 is 40.2 Å². The maximum atomic E-state index is 13.2. The summed E-state index contributed by atoms with van der Waals surface area (Å²) in [6.45, 7) is 0.746. The second-order valence-corrected chi connectivity index (χ2v) is 8.72. The lowest BCUT2D eigenvalue weighted by atomic mass is 10.2. The summed E-state index contributed by atoms with van der Waals surface area (Å²) < 4.78 is 6.75. The molecule has 3 aromatic carbocycles. The van der Waals surface area contributed by atoms with Gasteiger partial charge in [0.2, 0.25) is 5.91 Å². The van der Waals surface area contributed by atoms with Crippen LogP contribution in [0.5, 0.6) is 5.75 Å². The molecule has 6 nitrogen and oxygen atoms in total. The highest BCUT2D eigenvalue weighted by molar-refractivity contribution is 7.99. The third-order valence-electron chi connectivity index (χ3n) is 5.06. The van der Waals surface area contributed by atoms with Crippen molar-refractivity contribution in [1.82, 2.24) is 14.9 Å². The number of benzene rings is 3. The highest BCUT2D eigenvalue weighted by Gasteiger charge is 2.14. The molecule has 1 amide bonds. The molecule has 0 aliphatic carbocycles. The standard InChI is InChI=1S/C25H22ClN3O3S/c1-32-20-12-8-17(9-13-20)14-27-23(30)16-33-25-28-22-5-3-2-4-21(22)24(31)29(25)15-18-6-10-19(26)11-7-18/h2-13H,14-16H2,1H3,(H,27,30). The van der Waals surface area contributed by atoms with Gasteiger partial charge in [0, 0.05) is 11.6 Å². The molecule has 168 valence electrons. The van der Waals surface area contributed by atoms with Crippen molar-refractivity contribution in [3.05, 3.63) is 99.3 Å². The van der Waals surface area contributed by atoms with Crippen LogP contribution in [0.3, 0.4) is 0 Å². The second-order valence-electron chi connectivity index (χ2n) is 7.34. The summed E-state index contributed by atoms with van der Waals surface area (Å²) in [5.41, 5.74) is 2.36. The van der Waals surface area contributed by atoms with E-state index >= 15 is 0 Å². The first kappa shape index (κ1) is 22.9. The third kappa shape index (κ3) is 5.74. The molecule has 8 heteroatoms. The molecular formula is C25H22ClN3O3S. The van der Waals surface area contributed by atoms with Crippen molar-refractivity contribution in [1.29, 1.82) is 0 Å². The van der Waals surface area contributed by atoms with E-state index in [-0.39, 0.29) is 17.2 Å². The van der Waals surface area contributed by atoms with E-state index in [9.17, 15) is 9.59 Å². The molecule has 0 radical (unpaired) electrons. The lowest BCUT2D eigenvalue weighted by molar-refractivity contribution is -0.118. The number of nitrogens with one attached hydrogen (secondary N) is 1. The summed E-state index contributed by atoms with van der Waals surface area (Å²) in [6, 6.07) is 22.1. The maximum Gasteiger partial charge on any atom is 0.262 e. The molecule has 0 aliphatic heterocycles. The molecule has 0 atom stereocenters. The first-order valence-corrected chi connectivity index (χ1v) is 11.7. The summed E-state index contributed by atoms with van der Waals surface area (Å²) in [5.74, 6) is 0.764. The fourth-order valence-electron chi connectivity index (χ4n) is 3.29. The molecule has 0 bridgehead atoms.